The number of ether oxygens (including phenoxy) is 1. The second kappa shape index (κ2) is 6.78. The molecule has 6 nitrogen and oxygen atoms in total. The molecule has 0 radical (unpaired) electrons. The average Bonchev–Trinajstić information content (AvgIpc) is 3.20. The molecule has 1 saturated heterocycles. The maximum Gasteiger partial charge on any atom is 0.308 e. The van der Waals surface area contributed by atoms with E-state index >= 15 is 0 Å². The number of benzene rings is 1. The number of rotatable bonds is 5. The number of likely N-dealkylation sites (tertiary alicyclic amines) is 1. The summed E-state index contributed by atoms with van der Waals surface area (Å²) in [7, 11) is 0. The minimum Gasteiger partial charge on any atom is -0.489 e. The van der Waals surface area contributed by atoms with Gasteiger partial charge in [0, 0.05) is 18.7 Å². The first-order valence-corrected chi connectivity index (χ1v) is 7.84. The SMILES string of the molecule is Cc1oc(C(=O)N2CC[C@@H](C(=O)O)C2)cc1COc1ccccc1. The van der Waals surface area contributed by atoms with Gasteiger partial charge in [0.05, 0.1) is 5.92 Å². The average molecular weight is 329 g/mol. The van der Waals surface area contributed by atoms with Gasteiger partial charge in [-0.05, 0) is 31.5 Å². The molecule has 6 heteroatoms. The van der Waals surface area contributed by atoms with Crippen LogP contribution in [0.4, 0.5) is 0 Å². The largest absolute Gasteiger partial charge is 0.489 e. The van der Waals surface area contributed by atoms with Gasteiger partial charge in [-0.1, -0.05) is 18.2 Å². The Kier molecular flexibility index (Phi) is 4.55. The van der Waals surface area contributed by atoms with E-state index in [-0.39, 0.29) is 18.2 Å². The highest BCUT2D eigenvalue weighted by molar-refractivity contribution is 5.92. The maximum absolute atomic E-state index is 12.5. The Morgan fingerprint density at radius 3 is 2.75 bits per heavy atom. The highest BCUT2D eigenvalue weighted by Gasteiger charge is 2.32. The molecule has 1 fully saturated rings. The Morgan fingerprint density at radius 2 is 2.08 bits per heavy atom. The molecule has 2 aromatic rings. The van der Waals surface area contributed by atoms with E-state index in [1.165, 1.54) is 4.90 Å². The van der Waals surface area contributed by atoms with Gasteiger partial charge in [0.2, 0.25) is 0 Å². The van der Waals surface area contributed by atoms with Crippen molar-refractivity contribution in [2.75, 3.05) is 13.1 Å². The zero-order valence-corrected chi connectivity index (χ0v) is 13.4. The van der Waals surface area contributed by atoms with Crippen LogP contribution in [-0.2, 0) is 11.4 Å². The predicted octanol–water partition coefficient (Wildman–Crippen LogP) is 2.71. The third-order valence-electron chi connectivity index (χ3n) is 4.19. The maximum atomic E-state index is 12.5. The Labute approximate surface area is 139 Å². The quantitative estimate of drug-likeness (QED) is 0.912. The van der Waals surface area contributed by atoms with E-state index in [1.807, 2.05) is 30.3 Å². The lowest BCUT2D eigenvalue weighted by molar-refractivity contribution is -0.141. The number of carboxylic acid groups (broad SMARTS) is 1. The first-order chi connectivity index (χ1) is 11.5. The Balaban J connectivity index is 1.65. The fourth-order valence-electron chi connectivity index (χ4n) is 2.75. The summed E-state index contributed by atoms with van der Waals surface area (Å²) in [5, 5.41) is 9.03. The lowest BCUT2D eigenvalue weighted by Crippen LogP contribution is -2.29. The normalized spacial score (nSPS) is 17.0. The molecule has 2 heterocycles. The van der Waals surface area contributed by atoms with Gasteiger partial charge in [0.1, 0.15) is 18.1 Å². The van der Waals surface area contributed by atoms with Crippen LogP contribution in [0, 0.1) is 12.8 Å². The van der Waals surface area contributed by atoms with Crippen LogP contribution in [-0.4, -0.2) is 35.0 Å². The van der Waals surface area contributed by atoms with Crippen LogP contribution in [0.1, 0.15) is 28.3 Å². The second-order valence-corrected chi connectivity index (χ2v) is 5.87. The predicted molar refractivity (Wildman–Crippen MR) is 85.9 cm³/mol. The lowest BCUT2D eigenvalue weighted by Gasteiger charge is -2.13. The van der Waals surface area contributed by atoms with E-state index in [0.717, 1.165) is 11.3 Å². The molecule has 1 aliphatic heterocycles. The van der Waals surface area contributed by atoms with Crippen molar-refractivity contribution < 1.29 is 23.8 Å². The smallest absolute Gasteiger partial charge is 0.308 e. The summed E-state index contributed by atoms with van der Waals surface area (Å²) in [6.07, 6.45) is 0.477. The third kappa shape index (κ3) is 3.42. The number of carboxylic acids is 1. The van der Waals surface area contributed by atoms with Crippen molar-refractivity contribution in [2.24, 2.45) is 5.92 Å². The molecule has 1 atom stereocenters. The molecule has 1 amide bonds. The van der Waals surface area contributed by atoms with Crippen molar-refractivity contribution in [2.45, 2.75) is 20.0 Å². The zero-order chi connectivity index (χ0) is 17.1. The molecule has 0 spiro atoms. The fraction of sp³-hybridized carbons (Fsp3) is 0.333. The van der Waals surface area contributed by atoms with Crippen LogP contribution < -0.4 is 4.74 Å². The Bertz CT molecular complexity index is 737. The van der Waals surface area contributed by atoms with E-state index < -0.39 is 11.9 Å². The minimum absolute atomic E-state index is 0.226. The molecule has 1 N–H and O–H groups in total. The zero-order valence-electron chi connectivity index (χ0n) is 13.4. The number of nitrogens with zero attached hydrogens (tertiary/aromatic N) is 1. The Hall–Kier alpha value is -2.76. The number of carbonyl (C=O) groups is 2. The highest BCUT2D eigenvalue weighted by atomic mass is 16.5. The van der Waals surface area contributed by atoms with Crippen molar-refractivity contribution in [3.8, 4) is 5.75 Å². The molecule has 0 unspecified atom stereocenters. The molecule has 0 bridgehead atoms. The van der Waals surface area contributed by atoms with E-state index in [9.17, 15) is 9.59 Å². The van der Waals surface area contributed by atoms with Gasteiger partial charge in [-0.25, -0.2) is 0 Å². The fourth-order valence-corrected chi connectivity index (χ4v) is 2.75. The number of hydrogen-bond donors (Lipinski definition) is 1. The van der Waals surface area contributed by atoms with Crippen LogP contribution in [0.2, 0.25) is 0 Å². The first-order valence-electron chi connectivity index (χ1n) is 7.84. The molecule has 126 valence electrons. The molecular weight excluding hydrogens is 310 g/mol. The van der Waals surface area contributed by atoms with E-state index in [2.05, 4.69) is 0 Å². The summed E-state index contributed by atoms with van der Waals surface area (Å²) in [5.41, 5.74) is 0.802. The van der Waals surface area contributed by atoms with Crippen LogP contribution in [0.15, 0.2) is 40.8 Å². The summed E-state index contributed by atoms with van der Waals surface area (Å²) in [6.45, 7) is 2.75. The van der Waals surface area contributed by atoms with Gasteiger partial charge in [-0.2, -0.15) is 0 Å². The first kappa shape index (κ1) is 16.1. The van der Waals surface area contributed by atoms with Crippen molar-refractivity contribution in [3.05, 3.63) is 53.5 Å². The molecule has 1 aromatic heterocycles. The summed E-state index contributed by atoms with van der Waals surface area (Å²) in [5.74, 6) is -0.0279. The third-order valence-corrected chi connectivity index (χ3v) is 4.19. The van der Waals surface area contributed by atoms with E-state index in [1.54, 1.807) is 13.0 Å². The summed E-state index contributed by atoms with van der Waals surface area (Å²) < 4.78 is 11.2. The number of furan rings is 1. The molecule has 1 aliphatic rings. The standard InChI is InChI=1S/C18H19NO5/c1-12-14(11-23-15-5-3-2-4-6-15)9-16(24-12)17(20)19-8-7-13(10-19)18(21)22/h2-6,9,13H,7-8,10-11H2,1H3,(H,21,22)/t13-/m1/s1. The van der Waals surface area contributed by atoms with Gasteiger partial charge >= 0.3 is 5.97 Å². The van der Waals surface area contributed by atoms with Crippen LogP contribution in [0.25, 0.3) is 0 Å². The molecule has 24 heavy (non-hydrogen) atoms. The second-order valence-electron chi connectivity index (χ2n) is 5.87. The van der Waals surface area contributed by atoms with Crippen molar-refractivity contribution in [3.63, 3.8) is 0 Å². The van der Waals surface area contributed by atoms with Gasteiger partial charge < -0.3 is 19.2 Å². The van der Waals surface area contributed by atoms with Gasteiger partial charge in [0.15, 0.2) is 5.76 Å². The lowest BCUT2D eigenvalue weighted by atomic mass is 10.1. The summed E-state index contributed by atoms with van der Waals surface area (Å²) in [4.78, 5) is 25.0. The van der Waals surface area contributed by atoms with Crippen molar-refractivity contribution >= 4 is 11.9 Å². The minimum atomic E-state index is -0.863. The van der Waals surface area contributed by atoms with Crippen LogP contribution >= 0.6 is 0 Å². The number of aryl methyl sites for hydroxylation is 1. The molecule has 0 saturated carbocycles. The van der Waals surface area contributed by atoms with Gasteiger partial charge in [-0.15, -0.1) is 0 Å². The van der Waals surface area contributed by atoms with E-state index in [0.29, 0.717) is 25.3 Å². The summed E-state index contributed by atoms with van der Waals surface area (Å²) in [6, 6.07) is 11.1. The number of para-hydroxylation sites is 1. The molecular formula is C18H19NO5. The van der Waals surface area contributed by atoms with Crippen LogP contribution in [0.5, 0.6) is 5.75 Å². The van der Waals surface area contributed by atoms with Crippen LogP contribution in [0.3, 0.4) is 0 Å². The number of hydrogen-bond acceptors (Lipinski definition) is 4. The van der Waals surface area contributed by atoms with E-state index in [4.69, 9.17) is 14.3 Å². The molecule has 3 rings (SSSR count). The molecule has 0 aliphatic carbocycles. The Morgan fingerprint density at radius 1 is 1.33 bits per heavy atom. The summed E-state index contributed by atoms with van der Waals surface area (Å²) >= 11 is 0. The molecule has 1 aromatic carbocycles. The number of amides is 1. The monoisotopic (exact) mass is 329 g/mol. The number of aliphatic carboxylic acids is 1. The van der Waals surface area contributed by atoms with Gasteiger partial charge in [-0.3, -0.25) is 9.59 Å². The van der Waals surface area contributed by atoms with Crippen molar-refractivity contribution in [1.29, 1.82) is 0 Å². The van der Waals surface area contributed by atoms with Crippen molar-refractivity contribution in [1.82, 2.24) is 4.90 Å². The van der Waals surface area contributed by atoms with Gasteiger partial charge in [0.25, 0.3) is 5.91 Å². The number of carbonyl (C=O) groups excluding carboxylic acids is 1. The topological polar surface area (TPSA) is 80.0 Å². The highest BCUT2D eigenvalue weighted by Crippen LogP contribution is 2.23.